The third-order valence-corrected chi connectivity index (χ3v) is 6.66. The van der Waals surface area contributed by atoms with Gasteiger partial charge in [-0.25, -0.2) is 4.98 Å². The molecule has 2 aromatic carbocycles. The van der Waals surface area contributed by atoms with Crippen LogP contribution in [-0.4, -0.2) is 58.3 Å². The third kappa shape index (κ3) is 7.02. The van der Waals surface area contributed by atoms with Crippen molar-refractivity contribution in [2.75, 3.05) is 25.0 Å². The molecule has 0 bridgehead atoms. The van der Waals surface area contributed by atoms with Crippen LogP contribution in [0, 0.1) is 12.3 Å². The van der Waals surface area contributed by atoms with Gasteiger partial charge in [0, 0.05) is 30.9 Å². The largest absolute Gasteiger partial charge is 0.466 e. The van der Waals surface area contributed by atoms with Gasteiger partial charge in [0.05, 0.1) is 36.6 Å². The summed E-state index contributed by atoms with van der Waals surface area (Å²) in [6.07, 6.45) is 2.00. The van der Waals surface area contributed by atoms with E-state index in [0.29, 0.717) is 25.3 Å². The van der Waals surface area contributed by atoms with Gasteiger partial charge >= 0.3 is 5.97 Å². The van der Waals surface area contributed by atoms with Crippen LogP contribution in [-0.2, 0) is 27.4 Å². The van der Waals surface area contributed by atoms with Crippen LogP contribution in [0.3, 0.4) is 0 Å². The van der Waals surface area contributed by atoms with Crippen molar-refractivity contribution in [3.05, 3.63) is 58.9 Å². The van der Waals surface area contributed by atoms with Crippen molar-refractivity contribution in [1.82, 2.24) is 20.2 Å². The fourth-order valence-electron chi connectivity index (χ4n) is 4.56. The highest BCUT2D eigenvalue weighted by atomic mass is 35.5. The zero-order valence-corrected chi connectivity index (χ0v) is 22.6. The highest BCUT2D eigenvalue weighted by molar-refractivity contribution is 5.95. The van der Waals surface area contributed by atoms with Gasteiger partial charge in [-0.2, -0.15) is 0 Å². The Balaban J connectivity index is 0.00000400. The van der Waals surface area contributed by atoms with Crippen LogP contribution in [0.4, 0.5) is 5.69 Å². The molecular formula is C27H36ClN7O3. The lowest BCUT2D eigenvalue weighted by atomic mass is 10.1. The number of rotatable bonds is 11. The number of hydrogen-bond donors (Lipinski definition) is 5. The minimum atomic E-state index is -0.624. The molecule has 0 aliphatic carbocycles. The molecule has 2 heterocycles. The van der Waals surface area contributed by atoms with E-state index in [1.807, 2.05) is 36.1 Å². The molecule has 204 valence electrons. The van der Waals surface area contributed by atoms with Crippen molar-refractivity contribution in [3.63, 3.8) is 0 Å². The second kappa shape index (κ2) is 13.3. The number of nitrogens with two attached hydrogens (primary N) is 1. The molecule has 1 fully saturated rings. The molecule has 1 aliphatic rings. The number of aromatic amines is 1. The topological polar surface area (TPSA) is 149 Å². The predicted molar refractivity (Wildman–Crippen MR) is 151 cm³/mol. The number of H-pyrrole nitrogens is 1. The fraction of sp³-hybridized carbons (Fsp3) is 0.407. The minimum Gasteiger partial charge on any atom is -0.466 e. The molecule has 1 atom stereocenters. The standard InChI is InChI=1S/C27H35N7O3.ClH/c1-3-37-24(35)14-22(27(36)34-12-4-5-13-34)31-15-19-8-11-21-25(17(19)2)33-23(32-21)16-30-20-9-6-18(7-10-20)26(28)29;/h6-11,22,30-31H,3-5,12-16H2,1-2H3,(H3,28,29)(H,32,33);1H. The number of esters is 1. The number of carbonyl (C=O) groups excluding carboxylic acids is 2. The van der Waals surface area contributed by atoms with E-state index in [-0.39, 0.29) is 36.5 Å². The third-order valence-electron chi connectivity index (χ3n) is 6.66. The van der Waals surface area contributed by atoms with Gasteiger partial charge in [0.15, 0.2) is 0 Å². The number of hydrogen-bond acceptors (Lipinski definition) is 7. The molecule has 11 heteroatoms. The summed E-state index contributed by atoms with van der Waals surface area (Å²) in [4.78, 5) is 35.2. The number of aromatic nitrogens is 2. The van der Waals surface area contributed by atoms with Crippen molar-refractivity contribution >= 4 is 46.8 Å². The van der Waals surface area contributed by atoms with E-state index in [9.17, 15) is 9.59 Å². The Labute approximate surface area is 228 Å². The van der Waals surface area contributed by atoms with Gasteiger partial charge < -0.3 is 31.0 Å². The van der Waals surface area contributed by atoms with Crippen molar-refractivity contribution in [2.24, 2.45) is 5.73 Å². The first-order valence-corrected chi connectivity index (χ1v) is 12.7. The van der Waals surface area contributed by atoms with E-state index in [4.69, 9.17) is 20.9 Å². The summed E-state index contributed by atoms with van der Waals surface area (Å²) in [5.41, 5.74) is 10.9. The fourth-order valence-corrected chi connectivity index (χ4v) is 4.56. The summed E-state index contributed by atoms with van der Waals surface area (Å²) in [5.74, 6) is 0.411. The Morgan fingerprint density at radius 1 is 1.16 bits per heavy atom. The smallest absolute Gasteiger partial charge is 0.307 e. The molecule has 1 saturated heterocycles. The number of likely N-dealkylation sites (tertiary alicyclic amines) is 1. The maximum absolute atomic E-state index is 13.1. The van der Waals surface area contributed by atoms with E-state index in [1.165, 1.54) is 0 Å². The number of imidazole rings is 1. The van der Waals surface area contributed by atoms with Gasteiger partial charge in [0.2, 0.25) is 5.91 Å². The van der Waals surface area contributed by atoms with Crippen LogP contribution >= 0.6 is 12.4 Å². The van der Waals surface area contributed by atoms with Crippen LogP contribution in [0.25, 0.3) is 11.0 Å². The number of carbonyl (C=O) groups is 2. The van der Waals surface area contributed by atoms with Gasteiger partial charge in [-0.05, 0) is 68.1 Å². The molecule has 0 radical (unpaired) electrons. The lowest BCUT2D eigenvalue weighted by Gasteiger charge is -2.24. The molecule has 4 rings (SSSR count). The van der Waals surface area contributed by atoms with Gasteiger partial charge in [-0.15, -0.1) is 12.4 Å². The Morgan fingerprint density at radius 3 is 2.53 bits per heavy atom. The summed E-state index contributed by atoms with van der Waals surface area (Å²) in [5, 5.41) is 14.1. The molecule has 6 N–H and O–H groups in total. The average molecular weight is 542 g/mol. The van der Waals surface area contributed by atoms with Gasteiger partial charge in [-0.1, -0.05) is 6.07 Å². The molecule has 10 nitrogen and oxygen atoms in total. The van der Waals surface area contributed by atoms with Crippen LogP contribution < -0.4 is 16.4 Å². The predicted octanol–water partition coefficient (Wildman–Crippen LogP) is 3.22. The maximum atomic E-state index is 13.1. The SMILES string of the molecule is CCOC(=O)CC(NCc1ccc2[nH]c(CNc3ccc(C(=N)N)cc3)nc2c1C)C(=O)N1CCCC1.Cl. The Kier molecular flexibility index (Phi) is 10.1. The number of nitrogens with one attached hydrogen (secondary N) is 4. The maximum Gasteiger partial charge on any atom is 0.307 e. The Morgan fingerprint density at radius 2 is 1.87 bits per heavy atom. The number of amides is 1. The monoisotopic (exact) mass is 541 g/mol. The van der Waals surface area contributed by atoms with E-state index in [2.05, 4.69) is 15.6 Å². The molecular weight excluding hydrogens is 506 g/mol. The second-order valence-corrected chi connectivity index (χ2v) is 9.25. The van der Waals surface area contributed by atoms with Crippen molar-refractivity contribution in [1.29, 1.82) is 5.41 Å². The normalized spacial score (nSPS) is 13.7. The zero-order chi connectivity index (χ0) is 26.4. The lowest BCUT2D eigenvalue weighted by Crippen LogP contribution is -2.46. The Bertz CT molecular complexity index is 1270. The molecule has 3 aromatic rings. The Hall–Kier alpha value is -3.63. The molecule has 0 spiro atoms. The van der Waals surface area contributed by atoms with E-state index in [0.717, 1.165) is 59.6 Å². The number of benzene rings is 2. The van der Waals surface area contributed by atoms with Crippen molar-refractivity contribution in [3.8, 4) is 0 Å². The number of fused-ring (bicyclic) bond motifs is 1. The van der Waals surface area contributed by atoms with Crippen LogP contribution in [0.15, 0.2) is 36.4 Å². The minimum absolute atomic E-state index is 0. The lowest BCUT2D eigenvalue weighted by molar-refractivity contribution is -0.147. The van der Waals surface area contributed by atoms with E-state index >= 15 is 0 Å². The number of halogens is 1. The molecule has 1 amide bonds. The molecule has 1 aliphatic heterocycles. The van der Waals surface area contributed by atoms with Crippen molar-refractivity contribution in [2.45, 2.75) is 52.2 Å². The molecule has 0 saturated carbocycles. The highest BCUT2D eigenvalue weighted by Crippen LogP contribution is 2.21. The van der Waals surface area contributed by atoms with Gasteiger partial charge in [0.25, 0.3) is 0 Å². The average Bonchev–Trinajstić information content (AvgIpc) is 3.57. The number of ether oxygens (including phenoxy) is 1. The molecule has 38 heavy (non-hydrogen) atoms. The van der Waals surface area contributed by atoms with Gasteiger partial charge in [0.1, 0.15) is 11.7 Å². The summed E-state index contributed by atoms with van der Waals surface area (Å²) in [6, 6.07) is 10.7. The summed E-state index contributed by atoms with van der Waals surface area (Å²) < 4.78 is 5.11. The van der Waals surface area contributed by atoms with E-state index < -0.39 is 6.04 Å². The quantitative estimate of drug-likeness (QED) is 0.142. The number of amidine groups is 1. The van der Waals surface area contributed by atoms with Crippen LogP contribution in [0.2, 0.25) is 0 Å². The van der Waals surface area contributed by atoms with E-state index in [1.54, 1.807) is 19.1 Å². The zero-order valence-electron chi connectivity index (χ0n) is 21.8. The number of aryl methyl sites for hydroxylation is 1. The summed E-state index contributed by atoms with van der Waals surface area (Å²) in [7, 11) is 0. The number of nitrogens with zero attached hydrogens (tertiary/aromatic N) is 2. The molecule has 1 unspecified atom stereocenters. The first-order valence-electron chi connectivity index (χ1n) is 12.7. The van der Waals surface area contributed by atoms with Crippen molar-refractivity contribution < 1.29 is 14.3 Å². The number of anilines is 1. The summed E-state index contributed by atoms with van der Waals surface area (Å²) >= 11 is 0. The van der Waals surface area contributed by atoms with Gasteiger partial charge in [-0.3, -0.25) is 15.0 Å². The second-order valence-electron chi connectivity index (χ2n) is 9.25. The molecule has 1 aromatic heterocycles. The summed E-state index contributed by atoms with van der Waals surface area (Å²) in [6.45, 7) is 6.48. The number of nitrogen functional groups attached to an aromatic ring is 1. The first kappa shape index (κ1) is 28.9. The van der Waals surface area contributed by atoms with Crippen LogP contribution in [0.5, 0.6) is 0 Å². The first-order chi connectivity index (χ1) is 17.9. The van der Waals surface area contributed by atoms with Crippen LogP contribution in [0.1, 0.15) is 48.7 Å². The highest BCUT2D eigenvalue weighted by Gasteiger charge is 2.28.